The smallest absolute Gasteiger partial charge is 0.123 e. The number of fused-ring (bicyclic) bond motifs is 1. The van der Waals surface area contributed by atoms with Crippen LogP contribution in [0, 0.1) is 0 Å². The number of thiazole rings is 1. The van der Waals surface area contributed by atoms with E-state index in [2.05, 4.69) is 71.5 Å². The Kier molecular flexibility index (Phi) is 6.55. The van der Waals surface area contributed by atoms with Gasteiger partial charge in [-0.25, -0.2) is 4.98 Å². The monoisotopic (exact) mass is 449 g/mol. The molecule has 3 heterocycles. The van der Waals surface area contributed by atoms with Gasteiger partial charge in [0.05, 0.1) is 24.4 Å². The second-order valence-corrected chi connectivity index (χ2v) is 9.89. The number of benzene rings is 2. The lowest BCUT2D eigenvalue weighted by Gasteiger charge is -2.35. The van der Waals surface area contributed by atoms with E-state index in [0.29, 0.717) is 6.61 Å². The van der Waals surface area contributed by atoms with Gasteiger partial charge in [-0.1, -0.05) is 36.4 Å². The van der Waals surface area contributed by atoms with Crippen molar-refractivity contribution in [2.75, 3.05) is 26.2 Å². The lowest BCUT2D eigenvalue weighted by Crippen LogP contribution is -2.44. The summed E-state index contributed by atoms with van der Waals surface area (Å²) in [6.07, 6.45) is 0.579. The van der Waals surface area contributed by atoms with Crippen LogP contribution in [0.2, 0.25) is 0 Å². The predicted octanol–water partition coefficient (Wildman–Crippen LogP) is 4.81. The Balaban J connectivity index is 1.27. The van der Waals surface area contributed by atoms with Gasteiger partial charge in [-0.2, -0.15) is 0 Å². The summed E-state index contributed by atoms with van der Waals surface area (Å²) in [5, 5.41) is 3.31. The van der Waals surface area contributed by atoms with Crippen molar-refractivity contribution in [3.8, 4) is 17.0 Å². The topological polar surface area (TPSA) is 37.8 Å². The van der Waals surface area contributed by atoms with E-state index in [9.17, 15) is 0 Å². The molecule has 0 bridgehead atoms. The van der Waals surface area contributed by atoms with Gasteiger partial charge in [0.2, 0.25) is 0 Å². The van der Waals surface area contributed by atoms with Gasteiger partial charge in [0, 0.05) is 49.2 Å². The van der Waals surface area contributed by atoms with E-state index in [0.717, 1.165) is 55.7 Å². The van der Waals surface area contributed by atoms with Crippen molar-refractivity contribution in [3.63, 3.8) is 0 Å². The fraction of sp³-hybridized carbons (Fsp3) is 0.423. The first kappa shape index (κ1) is 21.6. The Morgan fingerprint density at radius 1 is 1.00 bits per heavy atom. The normalized spacial score (nSPS) is 22.2. The van der Waals surface area contributed by atoms with E-state index in [1.54, 1.807) is 11.3 Å². The maximum absolute atomic E-state index is 6.08. The Morgan fingerprint density at radius 2 is 1.81 bits per heavy atom. The molecule has 6 heteroatoms. The second kappa shape index (κ2) is 9.71. The van der Waals surface area contributed by atoms with Gasteiger partial charge >= 0.3 is 0 Å². The van der Waals surface area contributed by atoms with Gasteiger partial charge in [0.25, 0.3) is 0 Å². The number of aromatic nitrogens is 1. The molecule has 0 spiro atoms. The predicted molar refractivity (Wildman–Crippen MR) is 129 cm³/mol. The highest BCUT2D eigenvalue weighted by Gasteiger charge is 2.23. The van der Waals surface area contributed by atoms with Crippen molar-refractivity contribution < 1.29 is 9.47 Å². The molecule has 168 valence electrons. The average molecular weight is 450 g/mol. The molecule has 5 nitrogen and oxygen atoms in total. The van der Waals surface area contributed by atoms with Crippen molar-refractivity contribution in [1.82, 2.24) is 14.8 Å². The number of ether oxygens (including phenoxy) is 2. The highest BCUT2D eigenvalue weighted by molar-refractivity contribution is 7.09. The first-order valence-corrected chi connectivity index (χ1v) is 12.3. The Labute approximate surface area is 194 Å². The van der Waals surface area contributed by atoms with E-state index in [1.807, 2.05) is 6.07 Å². The molecule has 1 fully saturated rings. The number of morpholine rings is 1. The van der Waals surface area contributed by atoms with Crippen LogP contribution in [0.15, 0.2) is 53.9 Å². The van der Waals surface area contributed by atoms with Crippen LogP contribution in [0.4, 0.5) is 0 Å². The molecule has 2 atom stereocenters. The number of nitrogens with zero attached hydrogens (tertiary/aromatic N) is 3. The van der Waals surface area contributed by atoms with Crippen molar-refractivity contribution in [1.29, 1.82) is 0 Å². The van der Waals surface area contributed by atoms with Crippen LogP contribution in [-0.2, 0) is 24.4 Å². The molecular weight excluding hydrogens is 418 g/mol. The van der Waals surface area contributed by atoms with Gasteiger partial charge in [0.1, 0.15) is 17.4 Å². The summed E-state index contributed by atoms with van der Waals surface area (Å²) in [5.41, 5.74) is 4.86. The molecular formula is C26H31N3O2S. The Morgan fingerprint density at radius 3 is 2.62 bits per heavy atom. The molecule has 2 aliphatic rings. The van der Waals surface area contributed by atoms with Gasteiger partial charge < -0.3 is 9.47 Å². The fourth-order valence-corrected chi connectivity index (χ4v) is 5.57. The van der Waals surface area contributed by atoms with Crippen molar-refractivity contribution >= 4 is 11.3 Å². The SMILES string of the molecule is C[C@@H]1CN(Cc2ccc3c(c2)CN(Cc2nc(-c4ccccc4)cs2)CCO3)C[C@H](C)O1. The molecule has 3 aromatic rings. The van der Waals surface area contributed by atoms with Crippen LogP contribution in [0.25, 0.3) is 11.3 Å². The molecule has 1 saturated heterocycles. The first-order chi connectivity index (χ1) is 15.6. The third-order valence-corrected chi connectivity index (χ3v) is 6.90. The minimum Gasteiger partial charge on any atom is -0.492 e. The maximum Gasteiger partial charge on any atom is 0.123 e. The van der Waals surface area contributed by atoms with Crippen molar-refractivity contribution in [2.24, 2.45) is 0 Å². The van der Waals surface area contributed by atoms with E-state index in [-0.39, 0.29) is 12.2 Å². The summed E-state index contributed by atoms with van der Waals surface area (Å²) in [4.78, 5) is 9.83. The standard InChI is InChI=1S/C26H31N3O2S/c1-19-13-29(14-20(2)31-19)15-21-8-9-25-23(12-21)16-28(10-11-30-25)17-26-27-24(18-32-26)22-6-4-3-5-7-22/h3-9,12,18-20H,10-11,13-17H2,1-2H3/t19-,20+. The van der Waals surface area contributed by atoms with Gasteiger partial charge in [-0.15, -0.1) is 11.3 Å². The maximum atomic E-state index is 6.08. The van der Waals surface area contributed by atoms with Crippen LogP contribution < -0.4 is 4.74 Å². The van der Waals surface area contributed by atoms with Crippen molar-refractivity contribution in [2.45, 2.75) is 45.7 Å². The lowest BCUT2D eigenvalue weighted by molar-refractivity contribution is -0.0704. The van der Waals surface area contributed by atoms with E-state index >= 15 is 0 Å². The number of rotatable bonds is 5. The largest absolute Gasteiger partial charge is 0.492 e. The van der Waals surface area contributed by atoms with Crippen LogP contribution in [0.5, 0.6) is 5.75 Å². The molecule has 0 amide bonds. The first-order valence-electron chi connectivity index (χ1n) is 11.5. The molecule has 32 heavy (non-hydrogen) atoms. The van der Waals surface area contributed by atoms with Crippen LogP contribution in [-0.4, -0.2) is 53.2 Å². The van der Waals surface area contributed by atoms with Gasteiger partial charge in [-0.05, 0) is 31.5 Å². The molecule has 0 unspecified atom stereocenters. The summed E-state index contributed by atoms with van der Waals surface area (Å²) in [6.45, 7) is 10.6. The van der Waals surface area contributed by atoms with Gasteiger partial charge in [0.15, 0.2) is 0 Å². The molecule has 0 N–H and O–H groups in total. The van der Waals surface area contributed by atoms with E-state index in [1.165, 1.54) is 16.7 Å². The summed E-state index contributed by atoms with van der Waals surface area (Å²) in [7, 11) is 0. The summed E-state index contributed by atoms with van der Waals surface area (Å²) >= 11 is 1.74. The Hall–Kier alpha value is -2.25. The quantitative estimate of drug-likeness (QED) is 0.559. The molecule has 2 aromatic carbocycles. The highest BCUT2D eigenvalue weighted by Crippen LogP contribution is 2.28. The van der Waals surface area contributed by atoms with E-state index in [4.69, 9.17) is 14.5 Å². The summed E-state index contributed by atoms with van der Waals surface area (Å²) < 4.78 is 12.0. The zero-order valence-corrected chi connectivity index (χ0v) is 19.7. The van der Waals surface area contributed by atoms with Crippen LogP contribution in [0.1, 0.15) is 30.0 Å². The van der Waals surface area contributed by atoms with Crippen LogP contribution in [0.3, 0.4) is 0 Å². The summed E-state index contributed by atoms with van der Waals surface area (Å²) in [6, 6.07) is 17.1. The van der Waals surface area contributed by atoms with Crippen molar-refractivity contribution in [3.05, 3.63) is 70.0 Å². The number of hydrogen-bond donors (Lipinski definition) is 0. The molecule has 0 saturated carbocycles. The third-order valence-electron chi connectivity index (χ3n) is 6.07. The highest BCUT2D eigenvalue weighted by atomic mass is 32.1. The molecule has 5 rings (SSSR count). The second-order valence-electron chi connectivity index (χ2n) is 8.95. The number of hydrogen-bond acceptors (Lipinski definition) is 6. The third kappa shape index (κ3) is 5.21. The molecule has 0 aliphatic carbocycles. The average Bonchev–Trinajstić information content (AvgIpc) is 3.14. The van der Waals surface area contributed by atoms with Crippen LogP contribution >= 0.6 is 11.3 Å². The zero-order chi connectivity index (χ0) is 21.9. The molecule has 2 aliphatic heterocycles. The Bertz CT molecular complexity index is 1030. The minimum absolute atomic E-state index is 0.289. The zero-order valence-electron chi connectivity index (χ0n) is 18.9. The minimum atomic E-state index is 0.289. The van der Waals surface area contributed by atoms with E-state index < -0.39 is 0 Å². The molecule has 1 aromatic heterocycles. The fourth-order valence-electron chi connectivity index (χ4n) is 4.72. The summed E-state index contributed by atoms with van der Waals surface area (Å²) in [5.74, 6) is 1.02. The lowest BCUT2D eigenvalue weighted by atomic mass is 10.1. The molecule has 0 radical (unpaired) electrons. The van der Waals surface area contributed by atoms with Gasteiger partial charge in [-0.3, -0.25) is 9.80 Å².